The number of benzene rings is 1. The van der Waals surface area contributed by atoms with Crippen LogP contribution in [0.1, 0.15) is 49.8 Å². The number of amides is 1. The maximum absolute atomic E-state index is 11.9. The van der Waals surface area contributed by atoms with Crippen molar-refractivity contribution in [2.45, 2.75) is 38.6 Å². The van der Waals surface area contributed by atoms with E-state index in [4.69, 9.17) is 5.73 Å². The molecule has 20 heavy (non-hydrogen) atoms. The minimum Gasteiger partial charge on any atom is -0.350 e. The van der Waals surface area contributed by atoms with Gasteiger partial charge in [-0.15, -0.1) is 0 Å². The lowest BCUT2D eigenvalue weighted by atomic mass is 9.83. The summed E-state index contributed by atoms with van der Waals surface area (Å²) < 4.78 is 0. The van der Waals surface area contributed by atoms with Gasteiger partial charge in [-0.05, 0) is 43.4 Å². The standard InChI is InChI=1S/C17H22N2O/c1-13(19-17(20)12-15-5-2-6-15)16-9-3-7-14(11-16)8-4-10-18/h3,7,9,11,13,15H,2,5-6,10,12,18H2,1H3,(H,19,20). The molecule has 1 fully saturated rings. The Morgan fingerprint density at radius 1 is 1.50 bits per heavy atom. The number of rotatable bonds is 4. The average Bonchev–Trinajstić information content (AvgIpc) is 2.41. The molecule has 3 N–H and O–H groups in total. The van der Waals surface area contributed by atoms with Gasteiger partial charge in [0.1, 0.15) is 0 Å². The maximum atomic E-state index is 11.9. The van der Waals surface area contributed by atoms with Crippen LogP contribution in [-0.2, 0) is 4.79 Å². The van der Waals surface area contributed by atoms with E-state index >= 15 is 0 Å². The molecule has 106 valence electrons. The van der Waals surface area contributed by atoms with Crippen molar-refractivity contribution < 1.29 is 4.79 Å². The molecule has 0 aliphatic heterocycles. The van der Waals surface area contributed by atoms with Crippen molar-refractivity contribution in [1.82, 2.24) is 5.32 Å². The third-order valence-corrected chi connectivity index (χ3v) is 3.80. The van der Waals surface area contributed by atoms with Gasteiger partial charge in [0, 0.05) is 12.0 Å². The molecule has 1 aliphatic carbocycles. The molecule has 2 rings (SSSR count). The lowest BCUT2D eigenvalue weighted by Crippen LogP contribution is -2.30. The molecule has 1 unspecified atom stereocenters. The fourth-order valence-electron chi connectivity index (χ4n) is 2.38. The van der Waals surface area contributed by atoms with Gasteiger partial charge in [-0.1, -0.05) is 30.4 Å². The summed E-state index contributed by atoms with van der Waals surface area (Å²) >= 11 is 0. The monoisotopic (exact) mass is 270 g/mol. The second-order valence-electron chi connectivity index (χ2n) is 5.42. The van der Waals surface area contributed by atoms with Gasteiger partial charge in [-0.25, -0.2) is 0 Å². The summed E-state index contributed by atoms with van der Waals surface area (Å²) in [4.78, 5) is 11.9. The summed E-state index contributed by atoms with van der Waals surface area (Å²) in [6, 6.07) is 7.96. The largest absolute Gasteiger partial charge is 0.350 e. The van der Waals surface area contributed by atoms with Crippen molar-refractivity contribution in [3.8, 4) is 11.8 Å². The number of nitrogens with two attached hydrogens (primary N) is 1. The second kappa shape index (κ2) is 7.12. The first-order valence-electron chi connectivity index (χ1n) is 7.27. The summed E-state index contributed by atoms with van der Waals surface area (Å²) in [6.45, 7) is 2.37. The van der Waals surface area contributed by atoms with Gasteiger partial charge in [0.15, 0.2) is 0 Å². The van der Waals surface area contributed by atoms with E-state index in [2.05, 4.69) is 17.2 Å². The summed E-state index contributed by atoms with van der Waals surface area (Å²) in [5.41, 5.74) is 7.39. The molecule has 1 atom stereocenters. The maximum Gasteiger partial charge on any atom is 0.220 e. The average molecular weight is 270 g/mol. The van der Waals surface area contributed by atoms with Crippen molar-refractivity contribution >= 4 is 5.91 Å². The molecule has 1 saturated carbocycles. The SMILES string of the molecule is CC(NC(=O)CC1CCC1)c1cccc(C#CCN)c1. The molecule has 0 saturated heterocycles. The molecule has 1 amide bonds. The highest BCUT2D eigenvalue weighted by molar-refractivity contribution is 5.76. The minimum atomic E-state index is 0.0159. The van der Waals surface area contributed by atoms with E-state index in [-0.39, 0.29) is 11.9 Å². The van der Waals surface area contributed by atoms with Crippen LogP contribution in [-0.4, -0.2) is 12.5 Å². The van der Waals surface area contributed by atoms with Gasteiger partial charge >= 0.3 is 0 Å². The molecule has 1 aliphatic rings. The van der Waals surface area contributed by atoms with E-state index in [0.717, 1.165) is 11.1 Å². The van der Waals surface area contributed by atoms with E-state index in [1.807, 2.05) is 31.2 Å². The lowest BCUT2D eigenvalue weighted by molar-refractivity contribution is -0.123. The van der Waals surface area contributed by atoms with Crippen molar-refractivity contribution in [1.29, 1.82) is 0 Å². The Bertz CT molecular complexity index is 523. The number of carbonyl (C=O) groups is 1. The van der Waals surface area contributed by atoms with Crippen LogP contribution in [0.5, 0.6) is 0 Å². The zero-order valence-electron chi connectivity index (χ0n) is 12.0. The Morgan fingerprint density at radius 2 is 2.30 bits per heavy atom. The predicted molar refractivity (Wildman–Crippen MR) is 80.9 cm³/mol. The Labute approximate surface area is 120 Å². The fraction of sp³-hybridized carbons (Fsp3) is 0.471. The van der Waals surface area contributed by atoms with Gasteiger partial charge in [0.2, 0.25) is 5.91 Å². The quantitative estimate of drug-likeness (QED) is 0.825. The van der Waals surface area contributed by atoms with E-state index in [1.165, 1.54) is 19.3 Å². The molecule has 1 aromatic carbocycles. The summed E-state index contributed by atoms with van der Waals surface area (Å²) in [7, 11) is 0. The zero-order chi connectivity index (χ0) is 14.4. The predicted octanol–water partition coefficient (Wildman–Crippen LogP) is 2.36. The zero-order valence-corrected chi connectivity index (χ0v) is 12.0. The van der Waals surface area contributed by atoms with Crippen LogP contribution in [0.4, 0.5) is 0 Å². The Morgan fingerprint density at radius 3 is 2.95 bits per heavy atom. The van der Waals surface area contributed by atoms with Crippen LogP contribution < -0.4 is 11.1 Å². The van der Waals surface area contributed by atoms with Crippen LogP contribution >= 0.6 is 0 Å². The van der Waals surface area contributed by atoms with E-state index in [9.17, 15) is 4.79 Å². The van der Waals surface area contributed by atoms with Crippen LogP contribution in [0.2, 0.25) is 0 Å². The third-order valence-electron chi connectivity index (χ3n) is 3.80. The van der Waals surface area contributed by atoms with Crippen LogP contribution in [0.3, 0.4) is 0 Å². The lowest BCUT2D eigenvalue weighted by Gasteiger charge is -2.25. The van der Waals surface area contributed by atoms with Crippen LogP contribution in [0.25, 0.3) is 0 Å². The highest BCUT2D eigenvalue weighted by Crippen LogP contribution is 2.29. The van der Waals surface area contributed by atoms with Crippen LogP contribution in [0.15, 0.2) is 24.3 Å². The molecule has 3 heteroatoms. The Balaban J connectivity index is 1.93. The minimum absolute atomic E-state index is 0.0159. The number of hydrogen-bond acceptors (Lipinski definition) is 2. The van der Waals surface area contributed by atoms with Crippen LogP contribution in [0, 0.1) is 17.8 Å². The summed E-state index contributed by atoms with van der Waals surface area (Å²) in [5, 5.41) is 3.07. The Hall–Kier alpha value is -1.79. The first-order chi connectivity index (χ1) is 9.69. The van der Waals surface area contributed by atoms with E-state index in [1.54, 1.807) is 0 Å². The summed E-state index contributed by atoms with van der Waals surface area (Å²) in [6.07, 6.45) is 4.34. The highest BCUT2D eigenvalue weighted by atomic mass is 16.1. The van der Waals surface area contributed by atoms with Gasteiger partial charge in [-0.2, -0.15) is 0 Å². The van der Waals surface area contributed by atoms with Crippen molar-refractivity contribution in [3.05, 3.63) is 35.4 Å². The van der Waals surface area contributed by atoms with Crippen molar-refractivity contribution in [3.63, 3.8) is 0 Å². The number of carbonyl (C=O) groups excluding carboxylic acids is 1. The molecule has 0 spiro atoms. The van der Waals surface area contributed by atoms with Gasteiger partial charge in [0.25, 0.3) is 0 Å². The second-order valence-corrected chi connectivity index (χ2v) is 5.42. The molecule has 0 aromatic heterocycles. The van der Waals surface area contributed by atoms with Crippen molar-refractivity contribution in [2.75, 3.05) is 6.54 Å². The van der Waals surface area contributed by atoms with Gasteiger partial charge < -0.3 is 11.1 Å². The first kappa shape index (κ1) is 14.6. The molecule has 0 heterocycles. The molecule has 0 bridgehead atoms. The third kappa shape index (κ3) is 4.11. The number of nitrogens with one attached hydrogen (secondary N) is 1. The fourth-order valence-corrected chi connectivity index (χ4v) is 2.38. The van der Waals surface area contributed by atoms with Gasteiger partial charge in [0.05, 0.1) is 12.6 Å². The molecule has 3 nitrogen and oxygen atoms in total. The van der Waals surface area contributed by atoms with Gasteiger partial charge in [-0.3, -0.25) is 4.79 Å². The molecule has 1 aromatic rings. The van der Waals surface area contributed by atoms with E-state index < -0.39 is 0 Å². The smallest absolute Gasteiger partial charge is 0.220 e. The molecular weight excluding hydrogens is 248 g/mol. The van der Waals surface area contributed by atoms with E-state index in [0.29, 0.717) is 18.9 Å². The highest BCUT2D eigenvalue weighted by Gasteiger charge is 2.21. The molecular formula is C17H22N2O. The number of hydrogen-bond donors (Lipinski definition) is 2. The molecule has 0 radical (unpaired) electrons. The Kier molecular flexibility index (Phi) is 5.20. The normalized spacial score (nSPS) is 15.7. The first-order valence-corrected chi connectivity index (χ1v) is 7.27. The summed E-state index contributed by atoms with van der Waals surface area (Å²) in [5.74, 6) is 6.61. The van der Waals surface area contributed by atoms with Crippen molar-refractivity contribution in [2.24, 2.45) is 11.7 Å². The topological polar surface area (TPSA) is 55.1 Å².